The van der Waals surface area contributed by atoms with Crippen LogP contribution in [0.2, 0.25) is 0 Å². The Balaban J connectivity index is 1.31. The zero-order valence-corrected chi connectivity index (χ0v) is 30.2. The molecule has 264 valence electrons. The van der Waals surface area contributed by atoms with Crippen molar-refractivity contribution in [2.24, 2.45) is 10.4 Å². The highest BCUT2D eigenvalue weighted by Crippen LogP contribution is 2.50. The first-order chi connectivity index (χ1) is 24.8. The molecule has 51 heavy (non-hydrogen) atoms. The molecule has 0 aromatic heterocycles. The van der Waals surface area contributed by atoms with Gasteiger partial charge in [0.1, 0.15) is 5.76 Å². The predicted octanol–water partition coefficient (Wildman–Crippen LogP) is 8.05. The van der Waals surface area contributed by atoms with Gasteiger partial charge in [-0.3, -0.25) is 14.4 Å². The highest BCUT2D eigenvalue weighted by atomic mass is 16.3. The second-order valence-electron chi connectivity index (χ2n) is 14.9. The van der Waals surface area contributed by atoms with Crippen LogP contribution in [-0.2, 0) is 22.4 Å². The second kappa shape index (κ2) is 13.1. The maximum absolute atomic E-state index is 14.7. The smallest absolute Gasteiger partial charge is 0.277 e. The van der Waals surface area contributed by atoms with E-state index in [0.29, 0.717) is 47.4 Å². The Labute approximate surface area is 300 Å². The summed E-state index contributed by atoms with van der Waals surface area (Å²) in [5, 5.41) is 15.5. The lowest BCUT2D eigenvalue weighted by molar-refractivity contribution is -0.126. The minimum absolute atomic E-state index is 0.0321. The highest BCUT2D eigenvalue weighted by Gasteiger charge is 2.44. The molecule has 2 aromatic carbocycles. The third kappa shape index (κ3) is 5.32. The third-order valence-electron chi connectivity index (χ3n) is 12.5. The van der Waals surface area contributed by atoms with E-state index in [1.807, 2.05) is 24.3 Å². The Bertz CT molecular complexity index is 2000. The van der Waals surface area contributed by atoms with Crippen LogP contribution in [0.1, 0.15) is 106 Å². The van der Waals surface area contributed by atoms with Gasteiger partial charge in [-0.05, 0) is 112 Å². The number of ketones is 1. The quantitative estimate of drug-likeness (QED) is 0.286. The Morgan fingerprint density at radius 2 is 1.53 bits per heavy atom. The number of aliphatic imine (C=N–C) groups is 1. The summed E-state index contributed by atoms with van der Waals surface area (Å²) in [6.07, 6.45) is 11.4. The van der Waals surface area contributed by atoms with Crippen molar-refractivity contribution in [1.82, 2.24) is 4.90 Å². The van der Waals surface area contributed by atoms with Crippen LogP contribution in [0.3, 0.4) is 0 Å². The first kappa shape index (κ1) is 33.4. The van der Waals surface area contributed by atoms with Crippen LogP contribution < -0.4 is 10.2 Å². The topological polar surface area (TPSA) is 102 Å². The van der Waals surface area contributed by atoms with Gasteiger partial charge in [0.25, 0.3) is 5.91 Å². The summed E-state index contributed by atoms with van der Waals surface area (Å²) in [7, 11) is 0. The van der Waals surface area contributed by atoms with E-state index in [4.69, 9.17) is 4.99 Å². The lowest BCUT2D eigenvalue weighted by Crippen LogP contribution is -2.39. The molecule has 1 fully saturated rings. The van der Waals surface area contributed by atoms with Crippen molar-refractivity contribution in [2.45, 2.75) is 91.4 Å². The molecule has 0 atom stereocenters. The molecular formula is C43H48N4O4. The van der Waals surface area contributed by atoms with Crippen molar-refractivity contribution < 1.29 is 19.5 Å². The fraction of sp³-hybridized carbons (Fsp3) is 0.442. The number of aryl methyl sites for hydroxylation is 1. The molecule has 0 unspecified atom stereocenters. The van der Waals surface area contributed by atoms with Crippen LogP contribution >= 0.6 is 0 Å². The van der Waals surface area contributed by atoms with Gasteiger partial charge in [0.2, 0.25) is 11.7 Å². The molecular weight excluding hydrogens is 636 g/mol. The predicted molar refractivity (Wildman–Crippen MR) is 202 cm³/mol. The first-order valence-corrected chi connectivity index (χ1v) is 19.2. The Hall–Kier alpha value is -4.72. The fourth-order valence-corrected chi connectivity index (χ4v) is 9.49. The summed E-state index contributed by atoms with van der Waals surface area (Å²) >= 11 is 0. The molecule has 4 aliphatic heterocycles. The number of aliphatic hydroxyl groups excluding tert-OH is 1. The van der Waals surface area contributed by atoms with Gasteiger partial charge in [0.05, 0.1) is 22.5 Å². The minimum Gasteiger partial charge on any atom is -0.506 e. The minimum atomic E-state index is -0.522. The van der Waals surface area contributed by atoms with Crippen molar-refractivity contribution in [3.63, 3.8) is 0 Å². The number of Topliss-reactive ketones (excluding diaryl/α,β-unsaturated/α-hetero) is 1. The van der Waals surface area contributed by atoms with E-state index in [-0.39, 0.29) is 34.5 Å². The number of hydrogen-bond donors (Lipinski definition) is 2. The molecule has 2 aliphatic carbocycles. The SMILES string of the molecule is CCC(CC)(CC)C(=O)Nc1c(C2=C(O)C(=C3C=C4CCCN5CCCC(=C45)C3=NC(=O)c3ccccc3)C2=O)cc2c3c1CCCN3CCC2. The van der Waals surface area contributed by atoms with E-state index in [0.717, 1.165) is 100.0 Å². The standard InChI is InChI=1S/C43H48N4O4/c1-4-43(5-2,6-3)42(51)45-36-30-19-13-23-47-21-11-17-28(38(30)47)25-32(36)34-39(48)33(40(34)49)31-24-27-16-10-20-46-22-12-18-29(37(27)46)35(31)44-41(50)26-14-8-7-9-15-26/h7-9,14-15,24-25,48H,4-6,10-13,16-23H2,1-3H3,(H,45,51). The number of benzene rings is 2. The van der Waals surface area contributed by atoms with Gasteiger partial charge >= 0.3 is 0 Å². The number of anilines is 2. The number of aliphatic hydroxyl groups is 1. The number of piperidine rings is 1. The van der Waals surface area contributed by atoms with Crippen molar-refractivity contribution in [3.05, 3.63) is 98.5 Å². The van der Waals surface area contributed by atoms with E-state index < -0.39 is 5.41 Å². The molecule has 1 saturated heterocycles. The fourth-order valence-electron chi connectivity index (χ4n) is 9.49. The van der Waals surface area contributed by atoms with Crippen molar-refractivity contribution >= 4 is 40.3 Å². The number of rotatable bonds is 7. The van der Waals surface area contributed by atoms with Crippen molar-refractivity contribution in [3.8, 4) is 0 Å². The van der Waals surface area contributed by atoms with Gasteiger partial charge in [-0.1, -0.05) is 39.0 Å². The second-order valence-corrected chi connectivity index (χ2v) is 14.9. The summed E-state index contributed by atoms with van der Waals surface area (Å²) in [5.74, 6) is -0.759. The molecule has 6 aliphatic rings. The normalized spacial score (nSPS) is 22.1. The van der Waals surface area contributed by atoms with Crippen molar-refractivity contribution in [1.29, 1.82) is 0 Å². The summed E-state index contributed by atoms with van der Waals surface area (Å²) in [4.78, 5) is 52.0. The van der Waals surface area contributed by atoms with Crippen molar-refractivity contribution in [2.75, 3.05) is 36.4 Å². The summed E-state index contributed by atoms with van der Waals surface area (Å²) < 4.78 is 0. The number of carbonyl (C=O) groups is 3. The molecule has 8 nitrogen and oxygen atoms in total. The Morgan fingerprint density at radius 1 is 0.863 bits per heavy atom. The molecule has 2 N–H and O–H groups in total. The average Bonchev–Trinajstić information content (AvgIpc) is 3.16. The summed E-state index contributed by atoms with van der Waals surface area (Å²) in [6.45, 7) is 10.1. The molecule has 8 heteroatoms. The Morgan fingerprint density at radius 3 is 2.24 bits per heavy atom. The van der Waals surface area contributed by atoms with Crippen LogP contribution in [0, 0.1) is 5.41 Å². The molecule has 8 rings (SSSR count). The van der Waals surface area contributed by atoms with Gasteiger partial charge in [0, 0.05) is 65.3 Å². The number of hydrogen-bond acceptors (Lipinski definition) is 6. The monoisotopic (exact) mass is 684 g/mol. The van der Waals surface area contributed by atoms with Crippen LogP contribution in [0.4, 0.5) is 11.4 Å². The number of nitrogens with zero attached hydrogens (tertiary/aromatic N) is 3. The number of allylic oxidation sites excluding steroid dienone is 6. The molecule has 0 spiro atoms. The first-order valence-electron chi connectivity index (χ1n) is 19.2. The van der Waals surface area contributed by atoms with E-state index >= 15 is 0 Å². The van der Waals surface area contributed by atoms with Crippen LogP contribution in [0.25, 0.3) is 5.57 Å². The van der Waals surface area contributed by atoms with Gasteiger partial charge in [-0.15, -0.1) is 0 Å². The number of amides is 2. The highest BCUT2D eigenvalue weighted by molar-refractivity contribution is 6.43. The maximum Gasteiger partial charge on any atom is 0.277 e. The third-order valence-corrected chi connectivity index (χ3v) is 12.5. The average molecular weight is 685 g/mol. The lowest BCUT2D eigenvalue weighted by Gasteiger charge is -2.42. The van der Waals surface area contributed by atoms with E-state index in [9.17, 15) is 19.5 Å². The number of carbonyl (C=O) groups excluding carboxylic acids is 3. The van der Waals surface area contributed by atoms with Crippen LogP contribution in [0.5, 0.6) is 0 Å². The zero-order chi connectivity index (χ0) is 35.4. The van der Waals surface area contributed by atoms with Crippen LogP contribution in [-0.4, -0.2) is 59.5 Å². The Kier molecular flexibility index (Phi) is 8.59. The summed E-state index contributed by atoms with van der Waals surface area (Å²) in [6, 6.07) is 11.1. The lowest BCUT2D eigenvalue weighted by atomic mass is 9.73. The molecule has 0 radical (unpaired) electrons. The molecule has 2 aromatic rings. The molecule has 0 bridgehead atoms. The molecule has 0 saturated carbocycles. The van der Waals surface area contributed by atoms with Gasteiger partial charge in [-0.2, -0.15) is 0 Å². The van der Waals surface area contributed by atoms with Gasteiger partial charge in [-0.25, -0.2) is 4.99 Å². The maximum atomic E-state index is 14.7. The largest absolute Gasteiger partial charge is 0.506 e. The zero-order valence-electron chi connectivity index (χ0n) is 30.2. The summed E-state index contributed by atoms with van der Waals surface area (Å²) in [5.41, 5.74) is 9.40. The molecule has 2 amide bonds. The van der Waals surface area contributed by atoms with E-state index in [2.05, 4.69) is 42.0 Å². The van der Waals surface area contributed by atoms with E-state index in [1.165, 1.54) is 11.3 Å². The molecule has 4 heterocycles. The van der Waals surface area contributed by atoms with Crippen LogP contribution in [0.15, 0.2) is 81.2 Å². The van der Waals surface area contributed by atoms with Gasteiger partial charge in [0.15, 0.2) is 0 Å². The van der Waals surface area contributed by atoms with E-state index in [1.54, 1.807) is 12.1 Å². The number of nitrogens with one attached hydrogen (secondary N) is 1. The van der Waals surface area contributed by atoms with Gasteiger partial charge < -0.3 is 20.2 Å².